The van der Waals surface area contributed by atoms with Gasteiger partial charge in [-0.05, 0) is 44.7 Å². The van der Waals surface area contributed by atoms with Gasteiger partial charge in [0.2, 0.25) is 0 Å². The summed E-state index contributed by atoms with van der Waals surface area (Å²) in [5, 5.41) is 2.73. The Morgan fingerprint density at radius 2 is 1.88 bits per heavy atom. The molecule has 0 radical (unpaired) electrons. The zero-order valence-corrected chi connectivity index (χ0v) is 14.9. The molecule has 1 aromatic rings. The highest BCUT2D eigenvalue weighted by Crippen LogP contribution is 2.35. The first kappa shape index (κ1) is 17.1. The third kappa shape index (κ3) is 3.51. The van der Waals surface area contributed by atoms with Crippen LogP contribution in [-0.4, -0.2) is 60.7 Å². The van der Waals surface area contributed by atoms with Crippen molar-refractivity contribution in [1.29, 1.82) is 0 Å². The summed E-state index contributed by atoms with van der Waals surface area (Å²) < 4.78 is 6.26. The molecule has 2 heterocycles. The highest BCUT2D eigenvalue weighted by Gasteiger charge is 2.47. The van der Waals surface area contributed by atoms with Gasteiger partial charge in [0.25, 0.3) is 0 Å². The van der Waals surface area contributed by atoms with E-state index in [1.54, 1.807) is 7.05 Å². The monoisotopic (exact) mass is 331 g/mol. The third-order valence-electron chi connectivity index (χ3n) is 5.37. The van der Waals surface area contributed by atoms with Gasteiger partial charge < -0.3 is 15.0 Å². The number of nitrogens with one attached hydrogen (secondary N) is 1. The first-order valence-corrected chi connectivity index (χ1v) is 9.04. The number of rotatable bonds is 4. The smallest absolute Gasteiger partial charge is 0.317 e. The van der Waals surface area contributed by atoms with E-state index in [0.717, 1.165) is 38.2 Å². The van der Waals surface area contributed by atoms with Gasteiger partial charge in [0.15, 0.2) is 0 Å². The SMILES string of the molecule is CNC(=O)N1CCC(C2C(Oc3ccccc3)CN2C(C)C)CC1. The first-order valence-electron chi connectivity index (χ1n) is 9.04. The van der Waals surface area contributed by atoms with Crippen molar-refractivity contribution in [2.45, 2.75) is 44.9 Å². The fourth-order valence-corrected chi connectivity index (χ4v) is 4.03. The molecule has 2 aliphatic heterocycles. The summed E-state index contributed by atoms with van der Waals surface area (Å²) in [6.45, 7) is 7.18. The summed E-state index contributed by atoms with van der Waals surface area (Å²) in [7, 11) is 1.70. The molecule has 2 amide bonds. The number of carbonyl (C=O) groups is 1. The van der Waals surface area contributed by atoms with Crippen molar-refractivity contribution >= 4 is 6.03 Å². The molecule has 2 atom stereocenters. The molecular weight excluding hydrogens is 302 g/mol. The van der Waals surface area contributed by atoms with Gasteiger partial charge in [-0.1, -0.05) is 18.2 Å². The molecular formula is C19H29N3O2. The second kappa shape index (κ2) is 7.43. The normalized spacial score (nSPS) is 25.4. The maximum Gasteiger partial charge on any atom is 0.317 e. The van der Waals surface area contributed by atoms with Gasteiger partial charge in [-0.25, -0.2) is 4.79 Å². The largest absolute Gasteiger partial charge is 0.487 e. The number of hydrogen-bond donors (Lipinski definition) is 1. The molecule has 0 aliphatic carbocycles. The number of carbonyl (C=O) groups excluding carboxylic acids is 1. The number of likely N-dealkylation sites (tertiary alicyclic amines) is 2. The van der Waals surface area contributed by atoms with E-state index in [1.807, 2.05) is 35.2 Å². The Kier molecular flexibility index (Phi) is 5.29. The molecule has 0 bridgehead atoms. The summed E-state index contributed by atoms with van der Waals surface area (Å²) in [5.74, 6) is 1.55. The molecule has 5 nitrogen and oxygen atoms in total. The van der Waals surface area contributed by atoms with Crippen molar-refractivity contribution in [3.05, 3.63) is 30.3 Å². The van der Waals surface area contributed by atoms with E-state index in [2.05, 4.69) is 24.1 Å². The van der Waals surface area contributed by atoms with Crippen molar-refractivity contribution in [3.8, 4) is 5.75 Å². The minimum atomic E-state index is 0.0415. The van der Waals surface area contributed by atoms with E-state index in [1.165, 1.54) is 0 Å². The van der Waals surface area contributed by atoms with Crippen molar-refractivity contribution < 1.29 is 9.53 Å². The minimum absolute atomic E-state index is 0.0415. The number of piperidine rings is 1. The summed E-state index contributed by atoms with van der Waals surface area (Å²) in [6.07, 6.45) is 2.36. The third-order valence-corrected chi connectivity index (χ3v) is 5.37. The maximum absolute atomic E-state index is 11.8. The Morgan fingerprint density at radius 1 is 1.21 bits per heavy atom. The van der Waals surface area contributed by atoms with Crippen molar-refractivity contribution in [3.63, 3.8) is 0 Å². The lowest BCUT2D eigenvalue weighted by atomic mass is 9.79. The van der Waals surface area contributed by atoms with Gasteiger partial charge in [-0.15, -0.1) is 0 Å². The number of benzene rings is 1. The van der Waals surface area contributed by atoms with Crippen LogP contribution in [0.1, 0.15) is 26.7 Å². The predicted octanol–water partition coefficient (Wildman–Crippen LogP) is 2.58. The van der Waals surface area contributed by atoms with Crippen LogP contribution in [0, 0.1) is 5.92 Å². The number of hydrogen-bond acceptors (Lipinski definition) is 3. The van der Waals surface area contributed by atoms with Gasteiger partial charge in [0, 0.05) is 32.7 Å². The number of amides is 2. The lowest BCUT2D eigenvalue weighted by molar-refractivity contribution is -0.0981. The van der Waals surface area contributed by atoms with Crippen LogP contribution in [0.15, 0.2) is 30.3 Å². The zero-order valence-electron chi connectivity index (χ0n) is 14.9. The zero-order chi connectivity index (χ0) is 17.1. The predicted molar refractivity (Wildman–Crippen MR) is 95.2 cm³/mol. The van der Waals surface area contributed by atoms with Crippen LogP contribution >= 0.6 is 0 Å². The van der Waals surface area contributed by atoms with Crippen molar-refractivity contribution in [1.82, 2.24) is 15.1 Å². The quantitative estimate of drug-likeness (QED) is 0.922. The molecule has 2 unspecified atom stereocenters. The van der Waals surface area contributed by atoms with E-state index in [0.29, 0.717) is 18.0 Å². The van der Waals surface area contributed by atoms with Gasteiger partial charge >= 0.3 is 6.03 Å². The van der Waals surface area contributed by atoms with Crippen molar-refractivity contribution in [2.75, 3.05) is 26.7 Å². The van der Waals surface area contributed by atoms with E-state index < -0.39 is 0 Å². The Hall–Kier alpha value is -1.75. The van der Waals surface area contributed by atoms with Gasteiger partial charge in [-0.3, -0.25) is 4.90 Å². The standard InChI is InChI=1S/C19H29N3O2/c1-14(2)22-13-17(24-16-7-5-4-6-8-16)18(22)15-9-11-21(12-10-15)19(23)20-3/h4-8,14-15,17-18H,9-13H2,1-3H3,(H,20,23). The van der Waals surface area contributed by atoms with E-state index in [9.17, 15) is 4.79 Å². The van der Waals surface area contributed by atoms with Gasteiger partial charge in [0.1, 0.15) is 11.9 Å². The lowest BCUT2D eigenvalue weighted by Gasteiger charge is -2.54. The molecule has 2 fully saturated rings. The van der Waals surface area contributed by atoms with Crippen LogP contribution in [0.3, 0.4) is 0 Å². The Balaban J connectivity index is 1.63. The minimum Gasteiger partial charge on any atom is -0.487 e. The highest BCUT2D eigenvalue weighted by atomic mass is 16.5. The number of para-hydroxylation sites is 1. The van der Waals surface area contributed by atoms with E-state index in [4.69, 9.17) is 4.74 Å². The summed E-state index contributed by atoms with van der Waals surface area (Å²) in [5.41, 5.74) is 0. The molecule has 2 aliphatic rings. The molecule has 5 heteroatoms. The molecule has 0 aromatic heterocycles. The lowest BCUT2D eigenvalue weighted by Crippen LogP contribution is -2.68. The topological polar surface area (TPSA) is 44.8 Å². The highest BCUT2D eigenvalue weighted by molar-refractivity contribution is 5.73. The summed E-state index contributed by atoms with van der Waals surface area (Å²) in [6, 6.07) is 11.1. The molecule has 1 N–H and O–H groups in total. The van der Waals surface area contributed by atoms with Gasteiger partial charge in [0.05, 0.1) is 6.04 Å². The van der Waals surface area contributed by atoms with Crippen LogP contribution in [0.2, 0.25) is 0 Å². The van der Waals surface area contributed by atoms with E-state index >= 15 is 0 Å². The fourth-order valence-electron chi connectivity index (χ4n) is 4.03. The fraction of sp³-hybridized carbons (Fsp3) is 0.632. The average Bonchev–Trinajstić information content (AvgIpc) is 2.58. The Bertz CT molecular complexity index is 541. The van der Waals surface area contributed by atoms with Crippen LogP contribution in [0.5, 0.6) is 5.75 Å². The second-order valence-corrected chi connectivity index (χ2v) is 7.13. The second-order valence-electron chi connectivity index (χ2n) is 7.13. The first-order chi connectivity index (χ1) is 11.6. The maximum atomic E-state index is 11.8. The molecule has 2 saturated heterocycles. The molecule has 132 valence electrons. The summed E-state index contributed by atoms with van der Waals surface area (Å²) >= 11 is 0. The molecule has 3 rings (SSSR count). The Morgan fingerprint density at radius 3 is 2.46 bits per heavy atom. The number of ether oxygens (including phenoxy) is 1. The molecule has 24 heavy (non-hydrogen) atoms. The van der Waals surface area contributed by atoms with Gasteiger partial charge in [-0.2, -0.15) is 0 Å². The van der Waals surface area contributed by atoms with Crippen LogP contribution < -0.4 is 10.1 Å². The molecule has 0 spiro atoms. The summed E-state index contributed by atoms with van der Waals surface area (Å²) in [4.78, 5) is 16.3. The van der Waals surface area contributed by atoms with Crippen LogP contribution in [-0.2, 0) is 0 Å². The van der Waals surface area contributed by atoms with Crippen molar-refractivity contribution in [2.24, 2.45) is 5.92 Å². The molecule has 1 aromatic carbocycles. The Labute approximate surface area is 145 Å². The van der Waals surface area contributed by atoms with Crippen LogP contribution in [0.4, 0.5) is 4.79 Å². The number of urea groups is 1. The molecule has 0 saturated carbocycles. The number of nitrogens with zero attached hydrogens (tertiary/aromatic N) is 2. The average molecular weight is 331 g/mol. The van der Waals surface area contributed by atoms with Crippen LogP contribution in [0.25, 0.3) is 0 Å². The van der Waals surface area contributed by atoms with E-state index in [-0.39, 0.29) is 12.1 Å².